The zero-order chi connectivity index (χ0) is 12.7. The average Bonchev–Trinajstić information content (AvgIpc) is 2.76. The highest BCUT2D eigenvalue weighted by molar-refractivity contribution is 5.76. The van der Waals surface area contributed by atoms with Crippen LogP contribution in [-0.4, -0.2) is 37.2 Å². The number of carbonyl (C=O) groups is 2. The lowest BCUT2D eigenvalue weighted by Gasteiger charge is -2.12. The van der Waals surface area contributed by atoms with Crippen molar-refractivity contribution in [3.05, 3.63) is 0 Å². The van der Waals surface area contributed by atoms with E-state index in [-0.39, 0.29) is 24.0 Å². The van der Waals surface area contributed by atoms with Gasteiger partial charge in [0.05, 0.1) is 13.2 Å². The van der Waals surface area contributed by atoms with Crippen LogP contribution in [-0.2, 0) is 19.1 Å². The van der Waals surface area contributed by atoms with Crippen LogP contribution in [0.4, 0.5) is 0 Å². The van der Waals surface area contributed by atoms with Crippen molar-refractivity contribution in [2.45, 2.75) is 51.6 Å². The zero-order valence-corrected chi connectivity index (χ0v) is 10.5. The Morgan fingerprint density at radius 1 is 1.18 bits per heavy atom. The van der Waals surface area contributed by atoms with Gasteiger partial charge in [-0.05, 0) is 33.1 Å². The van der Waals surface area contributed by atoms with E-state index in [2.05, 4.69) is 5.32 Å². The van der Waals surface area contributed by atoms with Crippen LogP contribution < -0.4 is 5.32 Å². The lowest BCUT2D eigenvalue weighted by Crippen LogP contribution is -2.36. The van der Waals surface area contributed by atoms with Gasteiger partial charge in [-0.25, -0.2) is 0 Å². The molecule has 1 aliphatic heterocycles. The Labute approximate surface area is 102 Å². The van der Waals surface area contributed by atoms with Gasteiger partial charge in [0.25, 0.3) is 0 Å². The molecule has 0 bridgehead atoms. The van der Waals surface area contributed by atoms with Crippen molar-refractivity contribution < 1.29 is 19.1 Å². The lowest BCUT2D eigenvalue weighted by atomic mass is 10.1. The molecule has 1 rings (SSSR count). The van der Waals surface area contributed by atoms with Gasteiger partial charge in [-0.1, -0.05) is 0 Å². The van der Waals surface area contributed by atoms with Gasteiger partial charge in [0.1, 0.15) is 6.04 Å². The largest absolute Gasteiger partial charge is 0.466 e. The molecule has 0 radical (unpaired) electrons. The zero-order valence-electron chi connectivity index (χ0n) is 10.5. The molecule has 1 N–H and O–H groups in total. The summed E-state index contributed by atoms with van der Waals surface area (Å²) < 4.78 is 9.80. The Bertz CT molecular complexity index is 267. The minimum Gasteiger partial charge on any atom is -0.466 e. The summed E-state index contributed by atoms with van der Waals surface area (Å²) in [5, 5.41) is 3.19. The summed E-state index contributed by atoms with van der Waals surface area (Å²) in [7, 11) is 0. The molecule has 0 aliphatic carbocycles. The van der Waals surface area contributed by atoms with Gasteiger partial charge in [-0.3, -0.25) is 9.59 Å². The van der Waals surface area contributed by atoms with Crippen molar-refractivity contribution >= 4 is 11.9 Å². The second-order valence-electron chi connectivity index (χ2n) is 4.09. The number of nitrogens with one attached hydrogen (secondary N) is 1. The molecule has 0 aromatic heterocycles. The van der Waals surface area contributed by atoms with E-state index in [0.717, 1.165) is 19.3 Å². The van der Waals surface area contributed by atoms with E-state index in [0.29, 0.717) is 19.6 Å². The van der Waals surface area contributed by atoms with Crippen LogP contribution in [0.5, 0.6) is 0 Å². The van der Waals surface area contributed by atoms with E-state index < -0.39 is 0 Å². The molecular weight excluding hydrogens is 222 g/mol. The molecule has 0 spiro atoms. The third-order valence-electron chi connectivity index (χ3n) is 2.81. The summed E-state index contributed by atoms with van der Waals surface area (Å²) in [6.07, 6.45) is 2.81. The molecule has 1 fully saturated rings. The molecule has 1 heterocycles. The molecule has 2 unspecified atom stereocenters. The second kappa shape index (κ2) is 7.27. The number of esters is 2. The van der Waals surface area contributed by atoms with E-state index in [1.807, 2.05) is 0 Å². The van der Waals surface area contributed by atoms with Crippen LogP contribution in [0.1, 0.15) is 39.5 Å². The smallest absolute Gasteiger partial charge is 0.323 e. The van der Waals surface area contributed by atoms with E-state index >= 15 is 0 Å². The van der Waals surface area contributed by atoms with Crippen molar-refractivity contribution in [2.75, 3.05) is 13.2 Å². The highest BCUT2D eigenvalue weighted by Gasteiger charge is 2.30. The van der Waals surface area contributed by atoms with Crippen LogP contribution in [0.2, 0.25) is 0 Å². The summed E-state index contributed by atoms with van der Waals surface area (Å²) in [5.41, 5.74) is 0. The number of hydrogen-bond acceptors (Lipinski definition) is 5. The second-order valence-corrected chi connectivity index (χ2v) is 4.09. The summed E-state index contributed by atoms with van der Waals surface area (Å²) in [6, 6.07) is 0.0101. The van der Waals surface area contributed by atoms with Gasteiger partial charge in [0.2, 0.25) is 0 Å². The van der Waals surface area contributed by atoms with E-state index in [1.165, 1.54) is 0 Å². The SMILES string of the molecule is CCOC(=O)CCC1CCC(C(=O)OCC)N1. The standard InChI is InChI=1S/C12H21NO4/c1-3-16-11(14)8-6-9-5-7-10(13-9)12(15)17-4-2/h9-10,13H,3-8H2,1-2H3. The molecule has 0 saturated carbocycles. The number of ether oxygens (including phenoxy) is 2. The Hall–Kier alpha value is -1.10. The van der Waals surface area contributed by atoms with Crippen molar-refractivity contribution in [3.63, 3.8) is 0 Å². The van der Waals surface area contributed by atoms with E-state index in [4.69, 9.17) is 9.47 Å². The molecule has 0 aromatic carbocycles. The summed E-state index contributed by atoms with van der Waals surface area (Å²) in [4.78, 5) is 22.6. The lowest BCUT2D eigenvalue weighted by molar-refractivity contribution is -0.145. The van der Waals surface area contributed by atoms with Crippen molar-refractivity contribution in [2.24, 2.45) is 0 Å². The topological polar surface area (TPSA) is 64.6 Å². The summed E-state index contributed by atoms with van der Waals surface area (Å²) in [6.45, 7) is 4.42. The Morgan fingerprint density at radius 2 is 1.88 bits per heavy atom. The number of carbonyl (C=O) groups excluding carboxylic acids is 2. The molecular formula is C12H21NO4. The van der Waals surface area contributed by atoms with Crippen LogP contribution in [0, 0.1) is 0 Å². The first-order valence-corrected chi connectivity index (χ1v) is 6.25. The van der Waals surface area contributed by atoms with Gasteiger partial charge in [-0.15, -0.1) is 0 Å². The fourth-order valence-corrected chi connectivity index (χ4v) is 2.00. The minimum atomic E-state index is -0.206. The molecule has 0 aromatic rings. The fraction of sp³-hybridized carbons (Fsp3) is 0.833. The van der Waals surface area contributed by atoms with E-state index in [1.54, 1.807) is 13.8 Å². The normalized spacial score (nSPS) is 23.4. The van der Waals surface area contributed by atoms with Gasteiger partial charge in [-0.2, -0.15) is 0 Å². The first-order chi connectivity index (χ1) is 8.17. The fourth-order valence-electron chi connectivity index (χ4n) is 2.00. The van der Waals surface area contributed by atoms with Crippen molar-refractivity contribution in [3.8, 4) is 0 Å². The third kappa shape index (κ3) is 4.73. The number of hydrogen-bond donors (Lipinski definition) is 1. The molecule has 98 valence electrons. The maximum Gasteiger partial charge on any atom is 0.323 e. The van der Waals surface area contributed by atoms with Gasteiger partial charge >= 0.3 is 11.9 Å². The molecule has 1 aliphatic rings. The number of rotatable bonds is 6. The van der Waals surface area contributed by atoms with Crippen LogP contribution >= 0.6 is 0 Å². The van der Waals surface area contributed by atoms with Crippen LogP contribution in [0.25, 0.3) is 0 Å². The maximum absolute atomic E-state index is 11.5. The molecule has 0 amide bonds. The monoisotopic (exact) mass is 243 g/mol. The van der Waals surface area contributed by atoms with Crippen LogP contribution in [0.15, 0.2) is 0 Å². The molecule has 5 heteroatoms. The van der Waals surface area contributed by atoms with Gasteiger partial charge < -0.3 is 14.8 Å². The first kappa shape index (κ1) is 14.0. The van der Waals surface area contributed by atoms with Crippen LogP contribution in [0.3, 0.4) is 0 Å². The Kier molecular flexibility index (Phi) is 5.97. The third-order valence-corrected chi connectivity index (χ3v) is 2.81. The molecule has 17 heavy (non-hydrogen) atoms. The molecule has 1 saturated heterocycles. The first-order valence-electron chi connectivity index (χ1n) is 6.25. The Balaban J connectivity index is 2.21. The highest BCUT2D eigenvalue weighted by Crippen LogP contribution is 2.17. The highest BCUT2D eigenvalue weighted by atomic mass is 16.5. The molecule has 5 nitrogen and oxygen atoms in total. The minimum absolute atomic E-state index is 0.172. The maximum atomic E-state index is 11.5. The van der Waals surface area contributed by atoms with Crippen molar-refractivity contribution in [1.29, 1.82) is 0 Å². The molecule has 2 atom stereocenters. The summed E-state index contributed by atoms with van der Waals surface area (Å²) in [5.74, 6) is -0.361. The Morgan fingerprint density at radius 3 is 2.53 bits per heavy atom. The van der Waals surface area contributed by atoms with Gasteiger partial charge in [0, 0.05) is 12.5 Å². The van der Waals surface area contributed by atoms with Crippen molar-refractivity contribution in [1.82, 2.24) is 5.32 Å². The summed E-state index contributed by atoms with van der Waals surface area (Å²) >= 11 is 0. The quantitative estimate of drug-likeness (QED) is 0.705. The van der Waals surface area contributed by atoms with E-state index in [9.17, 15) is 9.59 Å². The average molecular weight is 243 g/mol. The predicted molar refractivity (Wildman–Crippen MR) is 62.4 cm³/mol. The predicted octanol–water partition coefficient (Wildman–Crippen LogP) is 1.01. The van der Waals surface area contributed by atoms with Gasteiger partial charge in [0.15, 0.2) is 0 Å².